The Bertz CT molecular complexity index is 114. The SMILES string of the molecule is O=C([S])C1CCCCCC1. The zero-order valence-electron chi connectivity index (χ0n) is 6.14. The minimum Gasteiger partial charge on any atom is -0.282 e. The molecule has 2 heteroatoms. The molecule has 0 aromatic heterocycles. The molecule has 0 N–H and O–H groups in total. The quantitative estimate of drug-likeness (QED) is 0.535. The van der Waals surface area contributed by atoms with Crippen LogP contribution >= 0.6 is 12.6 Å². The molecule has 1 aliphatic carbocycles. The molecule has 0 spiro atoms. The van der Waals surface area contributed by atoms with Gasteiger partial charge >= 0.3 is 0 Å². The highest BCUT2D eigenvalue weighted by molar-refractivity contribution is 7.96. The van der Waals surface area contributed by atoms with Gasteiger partial charge in [-0.1, -0.05) is 25.7 Å². The molecule has 0 amide bonds. The van der Waals surface area contributed by atoms with Gasteiger partial charge in [0.15, 0.2) is 0 Å². The van der Waals surface area contributed by atoms with Crippen LogP contribution in [0.25, 0.3) is 0 Å². The number of hydrogen-bond acceptors (Lipinski definition) is 1. The van der Waals surface area contributed by atoms with Gasteiger partial charge in [-0.05, 0) is 25.5 Å². The van der Waals surface area contributed by atoms with Gasteiger partial charge in [0.25, 0.3) is 0 Å². The molecular weight excluding hydrogens is 144 g/mol. The Morgan fingerprint density at radius 2 is 1.60 bits per heavy atom. The fraction of sp³-hybridized carbons (Fsp3) is 0.875. The smallest absolute Gasteiger partial charge is 0.221 e. The van der Waals surface area contributed by atoms with Crippen molar-refractivity contribution in [1.82, 2.24) is 0 Å². The van der Waals surface area contributed by atoms with E-state index < -0.39 is 0 Å². The molecule has 0 unspecified atom stereocenters. The fourth-order valence-corrected chi connectivity index (χ4v) is 1.75. The highest BCUT2D eigenvalue weighted by Gasteiger charge is 2.17. The Morgan fingerprint density at radius 3 is 2.00 bits per heavy atom. The second kappa shape index (κ2) is 3.91. The van der Waals surface area contributed by atoms with Gasteiger partial charge in [-0.15, -0.1) is 0 Å². The first-order chi connectivity index (χ1) is 4.80. The summed E-state index contributed by atoms with van der Waals surface area (Å²) in [5.74, 6) is 0.220. The summed E-state index contributed by atoms with van der Waals surface area (Å²) in [4.78, 5) is 10.8. The van der Waals surface area contributed by atoms with E-state index in [4.69, 9.17) is 0 Å². The summed E-state index contributed by atoms with van der Waals surface area (Å²) in [5.41, 5.74) is 0. The van der Waals surface area contributed by atoms with Crippen LogP contribution in [0.4, 0.5) is 0 Å². The van der Waals surface area contributed by atoms with Gasteiger partial charge in [0.2, 0.25) is 5.12 Å². The van der Waals surface area contributed by atoms with Crippen LogP contribution in [-0.2, 0) is 4.79 Å². The van der Waals surface area contributed by atoms with Crippen LogP contribution in [-0.4, -0.2) is 5.12 Å². The van der Waals surface area contributed by atoms with Gasteiger partial charge in [0.1, 0.15) is 0 Å². The second-order valence-corrected chi connectivity index (χ2v) is 3.41. The topological polar surface area (TPSA) is 17.1 Å². The lowest BCUT2D eigenvalue weighted by Gasteiger charge is -2.05. The Balaban J connectivity index is 2.35. The van der Waals surface area contributed by atoms with Crippen LogP contribution < -0.4 is 0 Å². The van der Waals surface area contributed by atoms with E-state index in [0.717, 1.165) is 12.8 Å². The molecule has 1 radical (unpaired) electrons. The van der Waals surface area contributed by atoms with E-state index >= 15 is 0 Å². The molecule has 1 nitrogen and oxygen atoms in total. The number of rotatable bonds is 1. The molecular formula is C8H13OS. The molecule has 0 bridgehead atoms. The molecule has 1 fully saturated rings. The lowest BCUT2D eigenvalue weighted by molar-refractivity contribution is -0.114. The van der Waals surface area contributed by atoms with Gasteiger partial charge in [0.05, 0.1) is 0 Å². The minimum absolute atomic E-state index is 0.0121. The monoisotopic (exact) mass is 157 g/mol. The van der Waals surface area contributed by atoms with Crippen LogP contribution in [0.3, 0.4) is 0 Å². The third kappa shape index (κ3) is 2.25. The van der Waals surface area contributed by atoms with Crippen molar-refractivity contribution in [3.05, 3.63) is 0 Å². The highest BCUT2D eigenvalue weighted by atomic mass is 32.1. The molecule has 1 saturated carbocycles. The first-order valence-corrected chi connectivity index (χ1v) is 4.42. The van der Waals surface area contributed by atoms with Crippen LogP contribution in [0.5, 0.6) is 0 Å². The van der Waals surface area contributed by atoms with Crippen molar-refractivity contribution in [2.75, 3.05) is 0 Å². The van der Waals surface area contributed by atoms with Crippen molar-refractivity contribution in [3.8, 4) is 0 Å². The fourth-order valence-electron chi connectivity index (χ4n) is 1.52. The van der Waals surface area contributed by atoms with Crippen molar-refractivity contribution < 1.29 is 4.79 Å². The summed E-state index contributed by atoms with van der Waals surface area (Å²) in [7, 11) is 0. The van der Waals surface area contributed by atoms with E-state index in [1.807, 2.05) is 0 Å². The first-order valence-electron chi connectivity index (χ1n) is 4.01. The van der Waals surface area contributed by atoms with E-state index in [-0.39, 0.29) is 11.0 Å². The maximum absolute atomic E-state index is 10.8. The molecule has 57 valence electrons. The van der Waals surface area contributed by atoms with Gasteiger partial charge in [-0.2, -0.15) is 0 Å². The van der Waals surface area contributed by atoms with Crippen LogP contribution in [0, 0.1) is 5.92 Å². The summed E-state index contributed by atoms with van der Waals surface area (Å²) < 4.78 is 0. The molecule has 1 rings (SSSR count). The van der Waals surface area contributed by atoms with Gasteiger partial charge in [-0.25, -0.2) is 0 Å². The van der Waals surface area contributed by atoms with E-state index in [1.165, 1.54) is 25.7 Å². The maximum Gasteiger partial charge on any atom is 0.221 e. The van der Waals surface area contributed by atoms with E-state index in [1.54, 1.807) is 0 Å². The second-order valence-electron chi connectivity index (χ2n) is 3.01. The van der Waals surface area contributed by atoms with Gasteiger partial charge in [0, 0.05) is 5.92 Å². The molecule has 0 aromatic rings. The largest absolute Gasteiger partial charge is 0.282 e. The van der Waals surface area contributed by atoms with E-state index in [9.17, 15) is 4.79 Å². The third-order valence-corrected chi connectivity index (χ3v) is 2.52. The Hall–Kier alpha value is -0.110. The van der Waals surface area contributed by atoms with Gasteiger partial charge in [-0.3, -0.25) is 4.79 Å². The lowest BCUT2D eigenvalue weighted by atomic mass is 10.0. The van der Waals surface area contributed by atoms with Crippen LogP contribution in [0.1, 0.15) is 38.5 Å². The average Bonchev–Trinajstić information content (AvgIpc) is 2.12. The maximum atomic E-state index is 10.8. The van der Waals surface area contributed by atoms with Crippen molar-refractivity contribution in [2.24, 2.45) is 5.92 Å². The Labute approximate surface area is 67.6 Å². The van der Waals surface area contributed by atoms with Crippen molar-refractivity contribution in [2.45, 2.75) is 38.5 Å². The summed E-state index contributed by atoms with van der Waals surface area (Å²) in [5, 5.41) is -0.0121. The van der Waals surface area contributed by atoms with Crippen molar-refractivity contribution in [3.63, 3.8) is 0 Å². The predicted molar refractivity (Wildman–Crippen MR) is 43.8 cm³/mol. The molecule has 0 aromatic carbocycles. The van der Waals surface area contributed by atoms with Crippen LogP contribution in [0.2, 0.25) is 0 Å². The zero-order valence-corrected chi connectivity index (χ0v) is 6.95. The summed E-state index contributed by atoms with van der Waals surface area (Å²) in [6, 6.07) is 0. The Morgan fingerprint density at radius 1 is 1.10 bits per heavy atom. The lowest BCUT2D eigenvalue weighted by Crippen LogP contribution is -2.06. The summed E-state index contributed by atoms with van der Waals surface area (Å²) in [6.45, 7) is 0. The number of carbonyl (C=O) groups is 1. The molecule has 0 heterocycles. The van der Waals surface area contributed by atoms with E-state index in [0.29, 0.717) is 0 Å². The molecule has 0 saturated heterocycles. The Kier molecular flexibility index (Phi) is 3.13. The first kappa shape index (κ1) is 7.99. The van der Waals surface area contributed by atoms with Crippen molar-refractivity contribution >= 4 is 17.7 Å². The van der Waals surface area contributed by atoms with E-state index in [2.05, 4.69) is 12.6 Å². The molecule has 10 heavy (non-hydrogen) atoms. The van der Waals surface area contributed by atoms with Crippen molar-refractivity contribution in [1.29, 1.82) is 0 Å². The van der Waals surface area contributed by atoms with Gasteiger partial charge < -0.3 is 0 Å². The summed E-state index contributed by atoms with van der Waals surface area (Å²) >= 11 is 4.62. The molecule has 1 aliphatic rings. The standard InChI is InChI=1S/C8H13OS/c9-8(10)7-5-3-1-2-4-6-7/h7H,1-6H2. The minimum atomic E-state index is -0.0121. The molecule has 0 aliphatic heterocycles. The summed E-state index contributed by atoms with van der Waals surface area (Å²) in [6.07, 6.45) is 7.07. The van der Waals surface area contributed by atoms with Crippen LogP contribution in [0.15, 0.2) is 0 Å². The molecule has 0 atom stereocenters. The number of hydrogen-bond donors (Lipinski definition) is 0. The predicted octanol–water partition coefficient (Wildman–Crippen LogP) is 2.68. The third-order valence-electron chi connectivity index (χ3n) is 2.19. The normalized spacial score (nSPS) is 22.0. The zero-order chi connectivity index (χ0) is 7.40. The number of carbonyl (C=O) groups excluding carboxylic acids is 1. The highest BCUT2D eigenvalue weighted by Crippen LogP contribution is 2.24. The average molecular weight is 157 g/mol.